The molecule has 0 heterocycles. The number of carbonyl (C=O) groups excluding carboxylic acids is 1. The molecule has 5 nitrogen and oxygen atoms in total. The lowest BCUT2D eigenvalue weighted by Gasteiger charge is -2.24. The van der Waals surface area contributed by atoms with Crippen molar-refractivity contribution in [2.24, 2.45) is 0 Å². The number of benzene rings is 2. The van der Waals surface area contributed by atoms with Gasteiger partial charge in [-0.1, -0.05) is 29.3 Å². The van der Waals surface area contributed by atoms with Crippen LogP contribution in [0.25, 0.3) is 0 Å². The van der Waals surface area contributed by atoms with E-state index in [-0.39, 0.29) is 22.2 Å². The van der Waals surface area contributed by atoms with Crippen LogP contribution in [0.15, 0.2) is 47.4 Å². The van der Waals surface area contributed by atoms with Crippen molar-refractivity contribution in [1.82, 2.24) is 0 Å². The van der Waals surface area contributed by atoms with E-state index in [1.165, 1.54) is 18.2 Å². The summed E-state index contributed by atoms with van der Waals surface area (Å²) in [7, 11) is -4.06. The van der Waals surface area contributed by atoms with E-state index in [0.717, 1.165) is 22.0 Å². The SMILES string of the molecule is CCOC(=O)CN(c1ccc(F)c(Cl)c1)S(=O)(=O)c1ccc(C)cc1. The van der Waals surface area contributed by atoms with Crippen molar-refractivity contribution in [3.63, 3.8) is 0 Å². The number of aryl methyl sites for hydroxylation is 1. The minimum atomic E-state index is -4.06. The molecule has 0 aliphatic rings. The Kier molecular flexibility index (Phi) is 6.02. The predicted octanol–water partition coefficient (Wildman–Crippen LogP) is 3.55. The van der Waals surface area contributed by atoms with Gasteiger partial charge in [-0.15, -0.1) is 0 Å². The van der Waals surface area contributed by atoms with Gasteiger partial charge < -0.3 is 4.74 Å². The molecule has 0 saturated heterocycles. The molecule has 0 aliphatic carbocycles. The van der Waals surface area contributed by atoms with Crippen molar-refractivity contribution in [2.75, 3.05) is 17.5 Å². The number of halogens is 2. The second kappa shape index (κ2) is 7.84. The molecule has 2 aromatic carbocycles. The molecule has 0 bridgehead atoms. The van der Waals surface area contributed by atoms with Gasteiger partial charge in [0.2, 0.25) is 0 Å². The van der Waals surface area contributed by atoms with E-state index in [0.29, 0.717) is 0 Å². The van der Waals surface area contributed by atoms with E-state index in [9.17, 15) is 17.6 Å². The first kappa shape index (κ1) is 19.2. The van der Waals surface area contributed by atoms with Crippen LogP contribution in [-0.2, 0) is 19.6 Å². The number of carbonyl (C=O) groups is 1. The Bertz CT molecular complexity index is 869. The molecule has 2 aromatic rings. The summed E-state index contributed by atoms with van der Waals surface area (Å²) < 4.78 is 45.0. The topological polar surface area (TPSA) is 63.7 Å². The molecule has 134 valence electrons. The number of hydrogen-bond donors (Lipinski definition) is 0. The Balaban J connectivity index is 2.51. The molecule has 0 spiro atoms. The standard InChI is InChI=1S/C17H17ClFNO4S/c1-3-24-17(21)11-20(13-6-9-16(19)15(18)10-13)25(22,23)14-7-4-12(2)5-8-14/h4-10H,3,11H2,1-2H3. The van der Waals surface area contributed by atoms with Crippen LogP contribution < -0.4 is 4.31 Å². The zero-order valence-electron chi connectivity index (χ0n) is 13.7. The predicted molar refractivity (Wildman–Crippen MR) is 93.8 cm³/mol. The van der Waals surface area contributed by atoms with Gasteiger partial charge in [-0.25, -0.2) is 12.8 Å². The summed E-state index contributed by atoms with van der Waals surface area (Å²) in [5, 5.41) is -0.245. The fourth-order valence-electron chi connectivity index (χ4n) is 2.12. The molecule has 0 aromatic heterocycles. The number of ether oxygens (including phenoxy) is 1. The lowest BCUT2D eigenvalue weighted by Crippen LogP contribution is -2.36. The molecule has 0 unspecified atom stereocenters. The normalized spacial score (nSPS) is 11.2. The number of rotatable bonds is 6. The average Bonchev–Trinajstić information content (AvgIpc) is 2.56. The van der Waals surface area contributed by atoms with Crippen molar-refractivity contribution in [2.45, 2.75) is 18.7 Å². The van der Waals surface area contributed by atoms with Gasteiger partial charge in [0.25, 0.3) is 10.0 Å². The molecule has 0 aliphatic heterocycles. The molecule has 8 heteroatoms. The molecule has 0 fully saturated rings. The van der Waals surface area contributed by atoms with Crippen LogP contribution in [0.5, 0.6) is 0 Å². The first-order valence-corrected chi connectivity index (χ1v) is 9.27. The van der Waals surface area contributed by atoms with E-state index in [2.05, 4.69) is 0 Å². The molecular formula is C17H17ClFNO4S. The van der Waals surface area contributed by atoms with Crippen LogP contribution >= 0.6 is 11.6 Å². The van der Waals surface area contributed by atoms with Crippen molar-refractivity contribution in [3.05, 3.63) is 58.9 Å². The maximum Gasteiger partial charge on any atom is 0.326 e. The number of esters is 1. The van der Waals surface area contributed by atoms with Gasteiger partial charge in [0.05, 0.1) is 22.2 Å². The molecule has 0 N–H and O–H groups in total. The summed E-state index contributed by atoms with van der Waals surface area (Å²) in [5.74, 6) is -1.41. The van der Waals surface area contributed by atoms with Gasteiger partial charge in [0, 0.05) is 0 Å². The number of anilines is 1. The third kappa shape index (κ3) is 4.49. The monoisotopic (exact) mass is 385 g/mol. The van der Waals surface area contributed by atoms with Crippen molar-refractivity contribution in [3.8, 4) is 0 Å². The van der Waals surface area contributed by atoms with Crippen LogP contribution in [-0.4, -0.2) is 27.5 Å². The van der Waals surface area contributed by atoms with Crippen LogP contribution in [0.3, 0.4) is 0 Å². The maximum absolute atomic E-state index is 13.4. The average molecular weight is 386 g/mol. The molecule has 0 radical (unpaired) electrons. The molecule has 0 saturated carbocycles. The zero-order chi connectivity index (χ0) is 18.6. The first-order chi connectivity index (χ1) is 11.8. The summed E-state index contributed by atoms with van der Waals surface area (Å²) in [5.41, 5.74) is 0.959. The van der Waals surface area contributed by atoms with E-state index in [1.807, 2.05) is 6.92 Å². The zero-order valence-corrected chi connectivity index (χ0v) is 15.3. The third-order valence-corrected chi connectivity index (χ3v) is 5.46. The fraction of sp³-hybridized carbons (Fsp3) is 0.235. The van der Waals surface area contributed by atoms with Crippen molar-refractivity contribution in [1.29, 1.82) is 0 Å². The molecule has 0 amide bonds. The van der Waals surface area contributed by atoms with Crippen LogP contribution in [0.1, 0.15) is 12.5 Å². The summed E-state index contributed by atoms with van der Waals surface area (Å²) in [4.78, 5) is 11.9. The highest BCUT2D eigenvalue weighted by molar-refractivity contribution is 7.92. The highest BCUT2D eigenvalue weighted by Crippen LogP contribution is 2.27. The molecule has 2 rings (SSSR count). The van der Waals surface area contributed by atoms with Crippen LogP contribution in [0.2, 0.25) is 5.02 Å². The van der Waals surface area contributed by atoms with E-state index in [1.54, 1.807) is 19.1 Å². The van der Waals surface area contributed by atoms with Crippen molar-refractivity contribution >= 4 is 33.3 Å². The second-order valence-corrected chi connectivity index (χ2v) is 7.50. The Labute approximate surface area is 151 Å². The summed E-state index contributed by atoms with van der Waals surface area (Å²) in [6.45, 7) is 3.01. The molecule has 0 atom stereocenters. The minimum Gasteiger partial charge on any atom is -0.465 e. The highest BCUT2D eigenvalue weighted by atomic mass is 35.5. The van der Waals surface area contributed by atoms with Gasteiger partial charge in [-0.05, 0) is 44.2 Å². The van der Waals surface area contributed by atoms with Gasteiger partial charge in [0.15, 0.2) is 0 Å². The quantitative estimate of drug-likeness (QED) is 0.713. The Morgan fingerprint density at radius 2 is 1.84 bits per heavy atom. The molecular weight excluding hydrogens is 369 g/mol. The minimum absolute atomic E-state index is 0.00264. The van der Waals surface area contributed by atoms with Gasteiger partial charge in [-0.2, -0.15) is 0 Å². The smallest absolute Gasteiger partial charge is 0.326 e. The van der Waals surface area contributed by atoms with Crippen LogP contribution in [0.4, 0.5) is 10.1 Å². The molecule has 25 heavy (non-hydrogen) atoms. The summed E-state index contributed by atoms with van der Waals surface area (Å²) in [6.07, 6.45) is 0. The van der Waals surface area contributed by atoms with Crippen molar-refractivity contribution < 1.29 is 22.3 Å². The third-order valence-electron chi connectivity index (χ3n) is 3.38. The van der Waals surface area contributed by atoms with Gasteiger partial charge in [-0.3, -0.25) is 9.10 Å². The lowest BCUT2D eigenvalue weighted by molar-refractivity contribution is -0.141. The Hall–Kier alpha value is -2.12. The fourth-order valence-corrected chi connectivity index (χ4v) is 3.69. The number of hydrogen-bond acceptors (Lipinski definition) is 4. The second-order valence-electron chi connectivity index (χ2n) is 5.23. The largest absolute Gasteiger partial charge is 0.465 e. The van der Waals surface area contributed by atoms with E-state index < -0.39 is 28.4 Å². The number of nitrogens with zero attached hydrogens (tertiary/aromatic N) is 1. The number of sulfonamides is 1. The lowest BCUT2D eigenvalue weighted by atomic mass is 10.2. The van der Waals surface area contributed by atoms with Gasteiger partial charge in [0.1, 0.15) is 12.4 Å². The summed E-state index contributed by atoms with van der Waals surface area (Å²) in [6, 6.07) is 9.61. The maximum atomic E-state index is 13.4. The van der Waals surface area contributed by atoms with E-state index >= 15 is 0 Å². The van der Waals surface area contributed by atoms with E-state index in [4.69, 9.17) is 16.3 Å². The van der Waals surface area contributed by atoms with Crippen LogP contribution in [0, 0.1) is 12.7 Å². The Morgan fingerprint density at radius 3 is 2.40 bits per heavy atom. The van der Waals surface area contributed by atoms with Gasteiger partial charge >= 0.3 is 5.97 Å². The highest BCUT2D eigenvalue weighted by Gasteiger charge is 2.28. The Morgan fingerprint density at radius 1 is 1.20 bits per heavy atom. The summed E-state index contributed by atoms with van der Waals surface area (Å²) >= 11 is 5.76. The first-order valence-electron chi connectivity index (χ1n) is 7.45.